The van der Waals surface area contributed by atoms with Gasteiger partial charge in [0.1, 0.15) is 0 Å². The number of carboxylic acid groups (broad SMARTS) is 1. The van der Waals surface area contributed by atoms with Gasteiger partial charge < -0.3 is 10.4 Å². The van der Waals surface area contributed by atoms with Crippen molar-refractivity contribution in [3.8, 4) is 0 Å². The number of amides is 1. The average molecular weight is 250 g/mol. The Morgan fingerprint density at radius 1 is 1.44 bits per heavy atom. The molecule has 0 aliphatic rings. The molecule has 0 bridgehead atoms. The minimum absolute atomic E-state index is 0.0474. The van der Waals surface area contributed by atoms with E-state index in [-0.39, 0.29) is 12.3 Å². The fourth-order valence-corrected chi connectivity index (χ4v) is 1.43. The van der Waals surface area contributed by atoms with Crippen LogP contribution in [-0.4, -0.2) is 22.0 Å². The van der Waals surface area contributed by atoms with E-state index in [9.17, 15) is 9.59 Å². The van der Waals surface area contributed by atoms with Gasteiger partial charge in [0.2, 0.25) is 5.91 Å². The third-order valence-electron chi connectivity index (χ3n) is 2.75. The molecule has 5 heteroatoms. The molecule has 0 radical (unpaired) electrons. The molecule has 1 amide bonds. The number of carboxylic acids is 1. The van der Waals surface area contributed by atoms with Crippen LogP contribution in [0.1, 0.15) is 31.5 Å². The highest BCUT2D eigenvalue weighted by Crippen LogP contribution is 2.20. The molecular weight excluding hydrogens is 232 g/mol. The predicted octanol–water partition coefficient (Wildman–Crippen LogP) is 1.51. The van der Waals surface area contributed by atoms with Gasteiger partial charge in [0, 0.05) is 12.6 Å². The number of aromatic nitrogens is 1. The average Bonchev–Trinajstić information content (AvgIpc) is 2.27. The van der Waals surface area contributed by atoms with Crippen LogP contribution in [0.2, 0.25) is 0 Å². The molecule has 1 heterocycles. The standard InChI is InChI=1S/C13H18N2O3/c1-9-5-4-6-14-10(9)8-15-11(16)7-13(2,3)12(17)18/h4-6H,7-8H2,1-3H3,(H,15,16)(H,17,18). The summed E-state index contributed by atoms with van der Waals surface area (Å²) in [5.41, 5.74) is 0.734. The number of aliphatic carboxylic acids is 1. The molecule has 1 aromatic rings. The van der Waals surface area contributed by atoms with Crippen molar-refractivity contribution in [2.75, 3.05) is 0 Å². The van der Waals surface area contributed by atoms with Gasteiger partial charge in [0.25, 0.3) is 0 Å². The molecular formula is C13H18N2O3. The SMILES string of the molecule is Cc1cccnc1CNC(=O)CC(C)(C)C(=O)O. The number of hydrogen-bond donors (Lipinski definition) is 2. The van der Waals surface area contributed by atoms with E-state index in [1.165, 1.54) is 13.8 Å². The van der Waals surface area contributed by atoms with Crippen molar-refractivity contribution < 1.29 is 14.7 Å². The lowest BCUT2D eigenvalue weighted by atomic mass is 9.89. The van der Waals surface area contributed by atoms with E-state index in [2.05, 4.69) is 10.3 Å². The van der Waals surface area contributed by atoms with Crippen LogP contribution in [0, 0.1) is 12.3 Å². The molecule has 0 aliphatic carbocycles. The second-order valence-corrected chi connectivity index (χ2v) is 4.91. The Labute approximate surface area is 106 Å². The fourth-order valence-electron chi connectivity index (χ4n) is 1.43. The van der Waals surface area contributed by atoms with Crippen molar-refractivity contribution in [1.82, 2.24) is 10.3 Å². The van der Waals surface area contributed by atoms with Crippen LogP contribution >= 0.6 is 0 Å². The number of nitrogens with one attached hydrogen (secondary N) is 1. The summed E-state index contributed by atoms with van der Waals surface area (Å²) in [5, 5.41) is 11.6. The maximum atomic E-state index is 11.6. The summed E-state index contributed by atoms with van der Waals surface area (Å²) in [5.74, 6) is -1.26. The lowest BCUT2D eigenvalue weighted by Gasteiger charge is -2.18. The summed E-state index contributed by atoms with van der Waals surface area (Å²) in [6, 6.07) is 3.74. The molecule has 0 aromatic carbocycles. The van der Waals surface area contributed by atoms with Crippen molar-refractivity contribution >= 4 is 11.9 Å². The Bertz CT molecular complexity index is 455. The van der Waals surface area contributed by atoms with Gasteiger partial charge >= 0.3 is 5.97 Å². The first-order chi connectivity index (χ1) is 8.33. The Morgan fingerprint density at radius 3 is 2.67 bits per heavy atom. The summed E-state index contributed by atoms with van der Waals surface area (Å²) in [7, 11) is 0. The Kier molecular flexibility index (Phi) is 4.42. The van der Waals surface area contributed by atoms with Crippen molar-refractivity contribution in [3.63, 3.8) is 0 Å². The Balaban J connectivity index is 2.53. The van der Waals surface area contributed by atoms with Crippen molar-refractivity contribution in [2.45, 2.75) is 33.7 Å². The normalized spacial score (nSPS) is 11.1. The van der Waals surface area contributed by atoms with E-state index < -0.39 is 11.4 Å². The number of carbonyl (C=O) groups excluding carboxylic acids is 1. The van der Waals surface area contributed by atoms with Crippen LogP contribution < -0.4 is 5.32 Å². The second-order valence-electron chi connectivity index (χ2n) is 4.91. The van der Waals surface area contributed by atoms with E-state index in [0.29, 0.717) is 6.54 Å². The number of carbonyl (C=O) groups is 2. The highest BCUT2D eigenvalue weighted by molar-refractivity contribution is 5.84. The quantitative estimate of drug-likeness (QED) is 0.830. The number of pyridine rings is 1. The highest BCUT2D eigenvalue weighted by Gasteiger charge is 2.29. The first-order valence-corrected chi connectivity index (χ1v) is 5.73. The number of rotatable bonds is 5. The molecule has 0 fully saturated rings. The summed E-state index contributed by atoms with van der Waals surface area (Å²) in [4.78, 5) is 26.7. The van der Waals surface area contributed by atoms with Crippen LogP contribution in [0.4, 0.5) is 0 Å². The molecule has 5 nitrogen and oxygen atoms in total. The molecule has 0 aliphatic heterocycles. The topological polar surface area (TPSA) is 79.3 Å². The van der Waals surface area contributed by atoms with E-state index in [0.717, 1.165) is 11.3 Å². The molecule has 18 heavy (non-hydrogen) atoms. The zero-order chi connectivity index (χ0) is 13.8. The molecule has 0 atom stereocenters. The summed E-state index contributed by atoms with van der Waals surface area (Å²) in [6.45, 7) is 5.29. The van der Waals surface area contributed by atoms with Crippen molar-refractivity contribution in [2.24, 2.45) is 5.41 Å². The van der Waals surface area contributed by atoms with E-state index >= 15 is 0 Å². The van der Waals surface area contributed by atoms with Crippen LogP contribution in [0.3, 0.4) is 0 Å². The monoisotopic (exact) mass is 250 g/mol. The largest absolute Gasteiger partial charge is 0.481 e. The Hall–Kier alpha value is -1.91. The van der Waals surface area contributed by atoms with Gasteiger partial charge in [-0.05, 0) is 32.4 Å². The third-order valence-corrected chi connectivity index (χ3v) is 2.75. The summed E-state index contributed by atoms with van der Waals surface area (Å²) >= 11 is 0. The molecule has 0 saturated heterocycles. The van der Waals surface area contributed by atoms with Gasteiger partial charge in [0.15, 0.2) is 0 Å². The molecule has 0 spiro atoms. The maximum Gasteiger partial charge on any atom is 0.309 e. The molecule has 0 saturated carbocycles. The molecule has 0 unspecified atom stereocenters. The van der Waals surface area contributed by atoms with Crippen LogP contribution in [0.15, 0.2) is 18.3 Å². The van der Waals surface area contributed by atoms with Gasteiger partial charge in [-0.2, -0.15) is 0 Å². The van der Waals surface area contributed by atoms with Crippen molar-refractivity contribution in [1.29, 1.82) is 0 Å². The van der Waals surface area contributed by atoms with Crippen molar-refractivity contribution in [3.05, 3.63) is 29.6 Å². The molecule has 1 rings (SSSR count). The van der Waals surface area contributed by atoms with E-state index in [4.69, 9.17) is 5.11 Å². The first kappa shape index (κ1) is 14.2. The number of nitrogens with zero attached hydrogens (tertiary/aromatic N) is 1. The zero-order valence-electron chi connectivity index (χ0n) is 10.9. The van der Waals surface area contributed by atoms with E-state index in [1.54, 1.807) is 6.20 Å². The van der Waals surface area contributed by atoms with Crippen LogP contribution in [-0.2, 0) is 16.1 Å². The lowest BCUT2D eigenvalue weighted by molar-refractivity contribution is -0.149. The number of aryl methyl sites for hydroxylation is 1. The summed E-state index contributed by atoms with van der Waals surface area (Å²) in [6.07, 6.45) is 1.61. The molecule has 2 N–H and O–H groups in total. The van der Waals surface area contributed by atoms with Gasteiger partial charge in [-0.3, -0.25) is 14.6 Å². The highest BCUT2D eigenvalue weighted by atomic mass is 16.4. The smallest absolute Gasteiger partial charge is 0.309 e. The third kappa shape index (κ3) is 3.84. The first-order valence-electron chi connectivity index (χ1n) is 5.73. The maximum absolute atomic E-state index is 11.6. The van der Waals surface area contributed by atoms with Crippen LogP contribution in [0.25, 0.3) is 0 Å². The summed E-state index contributed by atoms with van der Waals surface area (Å²) < 4.78 is 0. The predicted molar refractivity (Wildman–Crippen MR) is 66.9 cm³/mol. The van der Waals surface area contributed by atoms with E-state index in [1.807, 2.05) is 19.1 Å². The fraction of sp³-hybridized carbons (Fsp3) is 0.462. The molecule has 98 valence electrons. The van der Waals surface area contributed by atoms with Gasteiger partial charge in [-0.15, -0.1) is 0 Å². The molecule has 1 aromatic heterocycles. The minimum Gasteiger partial charge on any atom is -0.481 e. The second kappa shape index (κ2) is 5.62. The van der Waals surface area contributed by atoms with Gasteiger partial charge in [-0.1, -0.05) is 6.07 Å². The van der Waals surface area contributed by atoms with Gasteiger partial charge in [-0.25, -0.2) is 0 Å². The lowest BCUT2D eigenvalue weighted by Crippen LogP contribution is -2.33. The Morgan fingerprint density at radius 2 is 2.11 bits per heavy atom. The number of hydrogen-bond acceptors (Lipinski definition) is 3. The zero-order valence-corrected chi connectivity index (χ0v) is 10.9. The van der Waals surface area contributed by atoms with Gasteiger partial charge in [0.05, 0.1) is 17.7 Å². The minimum atomic E-state index is -1.05. The van der Waals surface area contributed by atoms with Crippen LogP contribution in [0.5, 0.6) is 0 Å².